The lowest BCUT2D eigenvalue weighted by Gasteiger charge is -2.11. The minimum atomic E-state index is -4.64. The number of ether oxygens (including phenoxy) is 1. The second kappa shape index (κ2) is 8.35. The molecule has 0 fully saturated rings. The number of anilines is 1. The first kappa shape index (κ1) is 21.6. The number of alkyl halides is 3. The number of hydrogen-bond acceptors (Lipinski definition) is 4. The van der Waals surface area contributed by atoms with Gasteiger partial charge in [0.25, 0.3) is 5.91 Å². The number of pyridine rings is 1. The number of nitrogens with zero attached hydrogens (tertiary/aromatic N) is 2. The summed E-state index contributed by atoms with van der Waals surface area (Å²) in [5.41, 5.74) is -0.364. The van der Waals surface area contributed by atoms with Gasteiger partial charge in [0.2, 0.25) is 0 Å². The van der Waals surface area contributed by atoms with Gasteiger partial charge in [0.15, 0.2) is 5.65 Å². The Morgan fingerprint density at radius 1 is 1.27 bits per heavy atom. The van der Waals surface area contributed by atoms with Crippen LogP contribution in [0, 0.1) is 6.92 Å². The molecule has 0 aliphatic rings. The van der Waals surface area contributed by atoms with Gasteiger partial charge < -0.3 is 10.1 Å². The van der Waals surface area contributed by atoms with Crippen LogP contribution in [0.1, 0.15) is 45.4 Å². The molecule has 6 nitrogen and oxygen atoms in total. The van der Waals surface area contributed by atoms with Crippen LogP contribution in [0.3, 0.4) is 0 Å². The first-order valence-corrected chi connectivity index (χ1v) is 9.33. The largest absolute Gasteiger partial charge is 0.462 e. The quantitative estimate of drug-likeness (QED) is 0.559. The van der Waals surface area contributed by atoms with Crippen LogP contribution >= 0.6 is 11.6 Å². The molecule has 3 rings (SSSR count). The van der Waals surface area contributed by atoms with Gasteiger partial charge in [0.05, 0.1) is 28.5 Å². The number of nitrogens with one attached hydrogen (secondary N) is 1. The van der Waals surface area contributed by atoms with Gasteiger partial charge in [-0.25, -0.2) is 9.78 Å². The van der Waals surface area contributed by atoms with Crippen LogP contribution < -0.4 is 5.32 Å². The second-order valence-electron chi connectivity index (χ2n) is 6.48. The molecule has 30 heavy (non-hydrogen) atoms. The third-order valence-corrected chi connectivity index (χ3v) is 4.46. The zero-order valence-electron chi connectivity index (χ0n) is 16.0. The Bertz CT molecular complexity index is 1130. The molecule has 0 bridgehead atoms. The molecular formula is C20H17ClF3N3O3. The molecule has 1 N–H and O–H groups in total. The summed E-state index contributed by atoms with van der Waals surface area (Å²) < 4.78 is 45.5. The van der Waals surface area contributed by atoms with E-state index in [0.717, 1.165) is 16.7 Å². The summed E-state index contributed by atoms with van der Waals surface area (Å²) in [4.78, 5) is 28.9. The maximum atomic E-state index is 13.2. The average Bonchev–Trinajstić information content (AvgIpc) is 3.02. The highest BCUT2D eigenvalue weighted by Gasteiger charge is 2.33. The molecule has 0 saturated carbocycles. The van der Waals surface area contributed by atoms with Crippen molar-refractivity contribution in [1.82, 2.24) is 9.38 Å². The van der Waals surface area contributed by atoms with Gasteiger partial charge in [-0.15, -0.1) is 0 Å². The fourth-order valence-electron chi connectivity index (χ4n) is 2.84. The lowest BCUT2D eigenvalue weighted by Crippen LogP contribution is -2.17. The Morgan fingerprint density at radius 3 is 2.67 bits per heavy atom. The van der Waals surface area contributed by atoms with E-state index in [1.54, 1.807) is 12.1 Å². The van der Waals surface area contributed by atoms with Crippen molar-refractivity contribution in [3.05, 3.63) is 64.1 Å². The van der Waals surface area contributed by atoms with Gasteiger partial charge in [-0.1, -0.05) is 24.6 Å². The van der Waals surface area contributed by atoms with E-state index in [0.29, 0.717) is 6.42 Å². The molecule has 2 heterocycles. The lowest BCUT2D eigenvalue weighted by molar-refractivity contribution is -0.137. The van der Waals surface area contributed by atoms with Crippen LogP contribution in [-0.4, -0.2) is 27.9 Å². The number of hydrogen-bond donors (Lipinski definition) is 1. The predicted molar refractivity (Wildman–Crippen MR) is 105 cm³/mol. The molecule has 0 radical (unpaired) electrons. The van der Waals surface area contributed by atoms with Gasteiger partial charge in [-0.3, -0.25) is 9.20 Å². The Kier molecular flexibility index (Phi) is 6.02. The van der Waals surface area contributed by atoms with Crippen LogP contribution in [0.5, 0.6) is 0 Å². The van der Waals surface area contributed by atoms with E-state index in [-0.39, 0.29) is 39.9 Å². The van der Waals surface area contributed by atoms with Crippen molar-refractivity contribution in [2.45, 2.75) is 26.4 Å². The smallest absolute Gasteiger partial charge is 0.417 e. The number of esters is 1. The number of carbonyl (C=O) groups is 2. The number of fused-ring (bicyclic) bond motifs is 1. The van der Waals surface area contributed by atoms with Gasteiger partial charge in [0, 0.05) is 11.9 Å². The van der Waals surface area contributed by atoms with Gasteiger partial charge >= 0.3 is 12.1 Å². The molecule has 10 heteroatoms. The predicted octanol–water partition coefficient (Wildman–Crippen LogP) is 5.13. The van der Waals surface area contributed by atoms with Gasteiger partial charge in [0.1, 0.15) is 5.69 Å². The van der Waals surface area contributed by atoms with E-state index >= 15 is 0 Å². The molecule has 3 aromatic rings. The number of aryl methyl sites for hydroxylation is 1. The van der Waals surface area contributed by atoms with Crippen LogP contribution in [-0.2, 0) is 10.9 Å². The number of benzene rings is 1. The van der Waals surface area contributed by atoms with Crippen LogP contribution in [0.2, 0.25) is 5.02 Å². The first-order chi connectivity index (χ1) is 14.1. The SMILES string of the molecule is CCCOC(=O)c1cccc(NC(=O)c2c(C)nc3c(Cl)cc(C(F)(F)F)cn23)c1. The molecule has 0 aliphatic heterocycles. The molecule has 1 aromatic carbocycles. The second-order valence-corrected chi connectivity index (χ2v) is 6.89. The Balaban J connectivity index is 1.95. The molecular weight excluding hydrogens is 423 g/mol. The highest BCUT2D eigenvalue weighted by atomic mass is 35.5. The van der Waals surface area contributed by atoms with Crippen molar-refractivity contribution in [3.8, 4) is 0 Å². The summed E-state index contributed by atoms with van der Waals surface area (Å²) in [5, 5.41) is 2.35. The number of imidazole rings is 1. The summed E-state index contributed by atoms with van der Waals surface area (Å²) in [7, 11) is 0. The molecule has 0 saturated heterocycles. The standard InChI is InChI=1S/C20H17ClF3N3O3/c1-3-7-30-19(29)12-5-4-6-14(8-12)26-18(28)16-11(2)25-17-15(21)9-13(10-27(16)17)20(22,23)24/h4-6,8-10H,3,7H2,1-2H3,(H,26,28). The Labute approximate surface area is 174 Å². The molecule has 0 spiro atoms. The van der Waals surface area contributed by atoms with Gasteiger partial charge in [-0.2, -0.15) is 13.2 Å². The van der Waals surface area contributed by atoms with Crippen LogP contribution in [0.15, 0.2) is 36.5 Å². The number of amides is 1. The van der Waals surface area contributed by atoms with Crippen molar-refractivity contribution in [3.63, 3.8) is 0 Å². The van der Waals surface area contributed by atoms with Crippen LogP contribution in [0.25, 0.3) is 5.65 Å². The topological polar surface area (TPSA) is 72.7 Å². The van der Waals surface area contributed by atoms with Crippen molar-refractivity contribution in [2.75, 3.05) is 11.9 Å². The number of aromatic nitrogens is 2. The maximum absolute atomic E-state index is 13.2. The van der Waals surface area contributed by atoms with E-state index in [9.17, 15) is 22.8 Å². The zero-order chi connectivity index (χ0) is 22.1. The summed E-state index contributed by atoms with van der Waals surface area (Å²) in [6.07, 6.45) is -3.20. The minimum Gasteiger partial charge on any atom is -0.462 e. The Hall–Kier alpha value is -3.07. The fourth-order valence-corrected chi connectivity index (χ4v) is 3.09. The third-order valence-electron chi connectivity index (χ3n) is 4.19. The van der Waals surface area contributed by atoms with E-state index in [1.807, 2.05) is 6.92 Å². The van der Waals surface area contributed by atoms with E-state index in [2.05, 4.69) is 10.3 Å². The summed E-state index contributed by atoms with van der Waals surface area (Å²) in [6, 6.07) is 6.81. The summed E-state index contributed by atoms with van der Waals surface area (Å²) >= 11 is 5.95. The van der Waals surface area contributed by atoms with Crippen molar-refractivity contribution >= 4 is 34.8 Å². The van der Waals surface area contributed by atoms with E-state index < -0.39 is 23.6 Å². The normalized spacial score (nSPS) is 11.5. The minimum absolute atomic E-state index is 0.0317. The van der Waals surface area contributed by atoms with E-state index in [1.165, 1.54) is 19.1 Å². The molecule has 2 aromatic heterocycles. The molecule has 158 valence electrons. The highest BCUT2D eigenvalue weighted by Crippen LogP contribution is 2.33. The Morgan fingerprint density at radius 2 is 2.00 bits per heavy atom. The van der Waals surface area contributed by atoms with Crippen molar-refractivity contribution in [1.29, 1.82) is 0 Å². The lowest BCUT2D eigenvalue weighted by atomic mass is 10.2. The summed E-state index contributed by atoms with van der Waals surface area (Å²) in [6.45, 7) is 3.61. The molecule has 0 atom stereocenters. The number of rotatable bonds is 5. The fraction of sp³-hybridized carbons (Fsp3) is 0.250. The van der Waals surface area contributed by atoms with Gasteiger partial charge in [-0.05, 0) is 37.6 Å². The number of carbonyl (C=O) groups excluding carboxylic acids is 2. The number of halogens is 4. The molecule has 0 aliphatic carbocycles. The first-order valence-electron chi connectivity index (χ1n) is 8.95. The van der Waals surface area contributed by atoms with Crippen molar-refractivity contribution < 1.29 is 27.5 Å². The average molecular weight is 440 g/mol. The molecule has 1 amide bonds. The zero-order valence-corrected chi connectivity index (χ0v) is 16.8. The third kappa shape index (κ3) is 4.40. The maximum Gasteiger partial charge on any atom is 0.417 e. The van der Waals surface area contributed by atoms with Crippen molar-refractivity contribution in [2.24, 2.45) is 0 Å². The summed E-state index contributed by atoms with van der Waals surface area (Å²) in [5.74, 6) is -1.24. The molecule has 0 unspecified atom stereocenters. The monoisotopic (exact) mass is 439 g/mol. The highest BCUT2D eigenvalue weighted by molar-refractivity contribution is 6.33. The van der Waals surface area contributed by atoms with E-state index in [4.69, 9.17) is 16.3 Å². The van der Waals surface area contributed by atoms with Crippen LogP contribution in [0.4, 0.5) is 18.9 Å².